The molecule has 0 aromatic carbocycles. The van der Waals surface area contributed by atoms with Crippen LogP contribution in [0.15, 0.2) is 0 Å². The van der Waals surface area contributed by atoms with Crippen molar-refractivity contribution < 1.29 is 28.2 Å². The van der Waals surface area contributed by atoms with Crippen molar-refractivity contribution in [1.29, 1.82) is 0 Å². The number of ether oxygens (including phenoxy) is 3. The van der Waals surface area contributed by atoms with Gasteiger partial charge < -0.3 is 14.2 Å². The topological polar surface area (TPSA) is 74.2 Å². The molecule has 0 saturated heterocycles. The third kappa shape index (κ3) is 11.2. The molecule has 0 aliphatic rings. The van der Waals surface area contributed by atoms with Gasteiger partial charge in [0, 0.05) is 4.57 Å². The van der Waals surface area contributed by atoms with E-state index in [0.717, 1.165) is 38.5 Å². The third-order valence-corrected chi connectivity index (χ3v) is 3.16. The number of hydrogen-bond donors (Lipinski definition) is 1. The minimum Gasteiger partial charge on any atom is -0.325 e. The number of hydrogen-bond acceptors (Lipinski definition) is 5. The molecule has 6 nitrogen and oxygen atoms in total. The minimum atomic E-state index is -2.71. The Hall–Kier alpha value is -0.100. The Morgan fingerprint density at radius 3 is 1.52 bits per heavy atom. The minimum absolute atomic E-state index is 0.212. The molecule has 0 aromatic rings. The van der Waals surface area contributed by atoms with E-state index in [0.29, 0.717) is 19.8 Å². The van der Waals surface area contributed by atoms with E-state index in [1.165, 1.54) is 0 Å². The lowest BCUT2D eigenvalue weighted by molar-refractivity contribution is -0.389. The number of rotatable bonds is 15. The summed E-state index contributed by atoms with van der Waals surface area (Å²) in [7, 11) is -2.71. The molecule has 0 bridgehead atoms. The highest BCUT2D eigenvalue weighted by atomic mass is 31.1. The fourth-order valence-electron chi connectivity index (χ4n) is 1.50. The highest BCUT2D eigenvalue weighted by Gasteiger charge is 2.38. The van der Waals surface area contributed by atoms with Crippen LogP contribution in [0, 0.1) is 0 Å². The van der Waals surface area contributed by atoms with Crippen LogP contribution in [0.25, 0.3) is 0 Å². The van der Waals surface area contributed by atoms with E-state index in [-0.39, 0.29) is 6.61 Å². The quantitative estimate of drug-likeness (QED) is 0.281. The van der Waals surface area contributed by atoms with Gasteiger partial charge in [0.1, 0.15) is 0 Å². The van der Waals surface area contributed by atoms with Gasteiger partial charge in [0.25, 0.3) is 0 Å². The van der Waals surface area contributed by atoms with Crippen LogP contribution in [0.2, 0.25) is 0 Å². The molecule has 7 heteroatoms. The van der Waals surface area contributed by atoms with Crippen molar-refractivity contribution >= 4 is 8.25 Å². The maximum Gasteiger partial charge on any atom is 0.695 e. The van der Waals surface area contributed by atoms with Gasteiger partial charge in [-0.05, 0) is 19.3 Å². The summed E-state index contributed by atoms with van der Waals surface area (Å²) >= 11 is 0. The predicted molar refractivity (Wildman–Crippen MR) is 81.1 cm³/mol. The van der Waals surface area contributed by atoms with E-state index >= 15 is 0 Å². The summed E-state index contributed by atoms with van der Waals surface area (Å²) in [6.45, 7) is 7.34. The highest BCUT2D eigenvalue weighted by molar-refractivity contribution is 7.32. The van der Waals surface area contributed by atoms with E-state index in [1.54, 1.807) is 0 Å². The van der Waals surface area contributed by atoms with Gasteiger partial charge in [-0.25, -0.2) is 0 Å². The first-order chi connectivity index (χ1) is 10.1. The summed E-state index contributed by atoms with van der Waals surface area (Å²) in [6.07, 6.45) is 5.53. The molecule has 0 radical (unpaired) electrons. The Morgan fingerprint density at radius 2 is 1.24 bits per heavy atom. The molecule has 0 aliphatic heterocycles. The SMILES string of the molecule is CCCCOC(CO[P+](=O)O)(OCCCC)OCCCC. The van der Waals surface area contributed by atoms with E-state index in [9.17, 15) is 4.57 Å². The molecule has 21 heavy (non-hydrogen) atoms. The second-order valence-corrected chi connectivity index (χ2v) is 5.53. The zero-order valence-electron chi connectivity index (χ0n) is 13.5. The van der Waals surface area contributed by atoms with Gasteiger partial charge in [-0.15, -0.1) is 9.42 Å². The van der Waals surface area contributed by atoms with Gasteiger partial charge in [-0.1, -0.05) is 40.0 Å². The largest absolute Gasteiger partial charge is 0.695 e. The number of unbranched alkanes of at least 4 members (excludes halogenated alkanes) is 3. The van der Waals surface area contributed by atoms with Crippen molar-refractivity contribution in [2.75, 3.05) is 26.4 Å². The van der Waals surface area contributed by atoms with Crippen molar-refractivity contribution in [2.24, 2.45) is 0 Å². The summed E-state index contributed by atoms with van der Waals surface area (Å²) < 4.78 is 32.7. The molecule has 0 aliphatic carbocycles. The summed E-state index contributed by atoms with van der Waals surface area (Å²) in [4.78, 5) is 8.85. The van der Waals surface area contributed by atoms with Crippen molar-refractivity contribution in [3.05, 3.63) is 0 Å². The van der Waals surface area contributed by atoms with Crippen LogP contribution < -0.4 is 0 Å². The van der Waals surface area contributed by atoms with Crippen molar-refractivity contribution in [3.8, 4) is 0 Å². The standard InChI is InChI=1S/C14H29O6P/c1-4-7-10-17-14(13-20-21(15)16,18-11-8-5-2)19-12-9-6-3/h4-13H2,1-3H3/p+1. The van der Waals surface area contributed by atoms with E-state index in [1.807, 2.05) is 0 Å². The van der Waals surface area contributed by atoms with Crippen LogP contribution in [-0.4, -0.2) is 37.3 Å². The van der Waals surface area contributed by atoms with Gasteiger partial charge in [-0.3, -0.25) is 0 Å². The maximum atomic E-state index is 10.8. The molecule has 1 atom stereocenters. The third-order valence-electron chi connectivity index (χ3n) is 2.81. The molecule has 0 heterocycles. The molecule has 0 saturated carbocycles. The molecule has 126 valence electrons. The zero-order valence-corrected chi connectivity index (χ0v) is 14.4. The van der Waals surface area contributed by atoms with E-state index in [2.05, 4.69) is 20.8 Å². The molecule has 0 fully saturated rings. The normalized spacial score (nSPS) is 12.7. The van der Waals surface area contributed by atoms with Crippen LogP contribution in [0.4, 0.5) is 0 Å². The molecule has 0 rings (SSSR count). The first-order valence-corrected chi connectivity index (χ1v) is 8.94. The van der Waals surface area contributed by atoms with Crippen molar-refractivity contribution in [3.63, 3.8) is 0 Å². The van der Waals surface area contributed by atoms with Crippen molar-refractivity contribution in [2.45, 2.75) is 65.3 Å². The fraction of sp³-hybridized carbons (Fsp3) is 1.00. The maximum absolute atomic E-state index is 10.8. The average molecular weight is 325 g/mol. The first-order valence-electron chi connectivity index (χ1n) is 7.81. The fourth-order valence-corrected chi connectivity index (χ4v) is 1.77. The zero-order chi connectivity index (χ0) is 16.0. The van der Waals surface area contributed by atoms with Gasteiger partial charge in [0.2, 0.25) is 0 Å². The van der Waals surface area contributed by atoms with Gasteiger partial charge in [-0.2, -0.15) is 0 Å². The summed E-state index contributed by atoms with van der Waals surface area (Å²) in [5, 5.41) is 0. The molecule has 0 aromatic heterocycles. The Balaban J connectivity index is 4.64. The van der Waals surface area contributed by atoms with Gasteiger partial charge in [0.15, 0.2) is 6.61 Å². The molecule has 0 amide bonds. The Kier molecular flexibility index (Phi) is 13.5. The lowest BCUT2D eigenvalue weighted by Gasteiger charge is -2.31. The summed E-state index contributed by atoms with van der Waals surface area (Å²) in [6, 6.07) is 0. The van der Waals surface area contributed by atoms with E-state index < -0.39 is 14.2 Å². The van der Waals surface area contributed by atoms with Gasteiger partial charge in [0.05, 0.1) is 19.8 Å². The van der Waals surface area contributed by atoms with Crippen molar-refractivity contribution in [1.82, 2.24) is 0 Å². The average Bonchev–Trinajstić information content (AvgIpc) is 2.46. The predicted octanol–water partition coefficient (Wildman–Crippen LogP) is 3.76. The van der Waals surface area contributed by atoms with Crippen LogP contribution in [-0.2, 0) is 23.3 Å². The lowest BCUT2D eigenvalue weighted by atomic mass is 10.3. The summed E-state index contributed by atoms with van der Waals surface area (Å²) in [5.41, 5.74) is 0. The first kappa shape index (κ1) is 20.9. The van der Waals surface area contributed by atoms with Crippen LogP contribution in [0.1, 0.15) is 59.3 Å². The summed E-state index contributed by atoms with van der Waals surface area (Å²) in [5.74, 6) is -1.38. The smallest absolute Gasteiger partial charge is 0.325 e. The Labute approximate surface area is 129 Å². The van der Waals surface area contributed by atoms with Crippen LogP contribution >= 0.6 is 8.25 Å². The Morgan fingerprint density at radius 1 is 0.857 bits per heavy atom. The molecule has 0 spiro atoms. The second kappa shape index (κ2) is 13.6. The molecular weight excluding hydrogens is 295 g/mol. The van der Waals surface area contributed by atoms with E-state index in [4.69, 9.17) is 23.6 Å². The molecular formula is C14H30O6P+. The highest BCUT2D eigenvalue weighted by Crippen LogP contribution is 2.24. The van der Waals surface area contributed by atoms with Crippen LogP contribution in [0.5, 0.6) is 0 Å². The molecule has 1 unspecified atom stereocenters. The van der Waals surface area contributed by atoms with Crippen LogP contribution in [0.3, 0.4) is 0 Å². The lowest BCUT2D eigenvalue weighted by Crippen LogP contribution is -2.44. The second-order valence-electron chi connectivity index (χ2n) is 4.80. The molecule has 1 N–H and O–H groups in total. The Bertz CT molecular complexity index is 235. The van der Waals surface area contributed by atoms with Gasteiger partial charge >= 0.3 is 14.2 Å². The monoisotopic (exact) mass is 325 g/mol.